The molecule has 11 fully saturated rings. The normalized spacial score (nSPS) is 27.1. The van der Waals surface area contributed by atoms with Crippen LogP contribution in [0, 0.1) is 122 Å². The van der Waals surface area contributed by atoms with E-state index in [1.54, 1.807) is 27.0 Å². The third-order valence-electron chi connectivity index (χ3n) is 22.0. The van der Waals surface area contributed by atoms with E-state index in [1.165, 1.54) is 113 Å². The van der Waals surface area contributed by atoms with E-state index in [2.05, 4.69) is 403 Å². The molecule has 115 heavy (non-hydrogen) atoms. The van der Waals surface area contributed by atoms with Crippen molar-refractivity contribution >= 4 is 105 Å². The summed E-state index contributed by atoms with van der Waals surface area (Å²) >= 11 is 0. The summed E-state index contributed by atoms with van der Waals surface area (Å²) in [4.78, 5) is 0. The van der Waals surface area contributed by atoms with Crippen LogP contribution in [0.3, 0.4) is 0 Å². The number of rotatable bonds is 8. The number of nitrogens with zero attached hydrogens (tertiary/aromatic N) is 1. The first-order chi connectivity index (χ1) is 50.4. The molecule has 16 rings (SSSR count). The molecule has 14 heteroatoms. The second kappa shape index (κ2) is 43.2. The number of nitrogens with one attached hydrogen (secondary N) is 1. The number of fused-ring (bicyclic) bond motifs is 2. The zero-order valence-corrected chi connectivity index (χ0v) is 96.2. The summed E-state index contributed by atoms with van der Waals surface area (Å²) in [5.74, 6) is 7.27. The molecule has 1 N–H and O–H groups in total. The fourth-order valence-corrected chi connectivity index (χ4v) is 29.6. The molecular formula is C101H180N2P2Si8Zr2. The van der Waals surface area contributed by atoms with Crippen molar-refractivity contribution in [2.75, 3.05) is 0 Å². The summed E-state index contributed by atoms with van der Waals surface area (Å²) in [5, 5.41) is 12.3. The summed E-state index contributed by atoms with van der Waals surface area (Å²) in [5.41, 5.74) is 5.69. The van der Waals surface area contributed by atoms with E-state index < -0.39 is 78.7 Å². The van der Waals surface area contributed by atoms with E-state index in [1.807, 2.05) is 0 Å². The van der Waals surface area contributed by atoms with E-state index in [-0.39, 0.29) is 81.7 Å². The summed E-state index contributed by atoms with van der Waals surface area (Å²) in [6, 6.07) is 46.6. The van der Waals surface area contributed by atoms with E-state index in [0.717, 1.165) is 47.3 Å². The van der Waals surface area contributed by atoms with Gasteiger partial charge < -0.3 is 53.3 Å². The van der Waals surface area contributed by atoms with Crippen LogP contribution in [-0.2, 0) is 52.4 Å². The summed E-state index contributed by atoms with van der Waals surface area (Å²) in [6.45, 7) is 103. The Kier molecular flexibility index (Phi) is 41.9. The average Bonchev–Trinajstić information content (AvgIpc) is 1.65. The van der Waals surface area contributed by atoms with Crippen LogP contribution >= 0.6 is 14.1 Å². The van der Waals surface area contributed by atoms with Gasteiger partial charge in [0.15, 0.2) is 0 Å². The Morgan fingerprint density at radius 2 is 0.548 bits per heavy atom. The first kappa shape index (κ1) is 111. The maximum atomic E-state index is 6.46. The largest absolute Gasteiger partial charge is 4.00 e. The quantitative estimate of drug-likeness (QED) is 0.106. The van der Waals surface area contributed by atoms with Crippen LogP contribution in [0.1, 0.15) is 158 Å². The topological polar surface area (TPSA) is 24.4 Å². The minimum absolute atomic E-state index is 0. The molecule has 0 heterocycles. The first-order valence-electron chi connectivity index (χ1n) is 44.2. The molecule has 12 aliphatic carbocycles. The number of hydrogen-bond donors (Lipinski definition) is 1. The van der Waals surface area contributed by atoms with Crippen molar-refractivity contribution in [2.24, 2.45) is 73.7 Å². The standard InChI is InChI=1S/C34H46NP.C34H42NP.C4H12Si.7C4H11Si.CH3.2Zr/c2*1-32(2)23-33(3,4)31-19-29(18-30(31)32)36(27-11-7-5-8-12-27,28-13-9-6-10-14-28)35-34-20-24-15-25(21-34)17-26(16-24)22-34;8*1-5(2,3)4;;;/h5-14,24-26,29-31H,15-23H2,1-4H3;5-14,18-19,24-26,35H,15-17,20-23H2,1-4H3;1-4H3;7*1H2,2-4H3;1H3;;/q;;;8*-1;2*+4. The van der Waals surface area contributed by atoms with Crippen molar-refractivity contribution in [3.63, 3.8) is 0 Å². The van der Waals surface area contributed by atoms with E-state index in [0.29, 0.717) is 16.5 Å². The summed E-state index contributed by atoms with van der Waals surface area (Å²) < 4.78 is 6.46. The molecule has 0 aliphatic heterocycles. The van der Waals surface area contributed by atoms with Crippen LogP contribution in [0.5, 0.6) is 0 Å². The Balaban J connectivity index is 0.000000524. The molecular weight excluding hydrogens is 1710 g/mol. The number of allylic oxidation sites excluding steroid dienone is 4. The molecule has 644 valence electrons. The maximum Gasteiger partial charge on any atom is 4.00 e. The number of benzene rings is 4. The molecule has 2 unspecified atom stereocenters. The molecule has 0 spiro atoms. The van der Waals surface area contributed by atoms with Crippen molar-refractivity contribution < 1.29 is 52.4 Å². The Labute approximate surface area is 765 Å². The smallest absolute Gasteiger partial charge is 0.358 e. The molecule has 0 radical (unpaired) electrons. The van der Waals surface area contributed by atoms with E-state index >= 15 is 0 Å². The minimum Gasteiger partial charge on any atom is -0.358 e. The van der Waals surface area contributed by atoms with Crippen molar-refractivity contribution in [1.29, 1.82) is 0 Å². The van der Waals surface area contributed by atoms with Gasteiger partial charge in [0, 0.05) is 33.4 Å². The first-order valence-corrected chi connectivity index (χ1v) is 77.8. The van der Waals surface area contributed by atoms with Crippen LogP contribution in [0.25, 0.3) is 0 Å². The Bertz CT molecular complexity index is 3340. The summed E-state index contributed by atoms with van der Waals surface area (Å²) in [7, 11) is -10.6. The van der Waals surface area contributed by atoms with Gasteiger partial charge in [0.25, 0.3) is 0 Å². The summed E-state index contributed by atoms with van der Waals surface area (Å²) in [6.07, 6.45) is 27.8. The molecule has 4 aromatic carbocycles. The van der Waals surface area contributed by atoms with Gasteiger partial charge in [0.05, 0.1) is 5.54 Å². The van der Waals surface area contributed by atoms with Crippen molar-refractivity contribution in [2.45, 2.75) is 339 Å². The predicted octanol–water partition coefficient (Wildman–Crippen LogP) is 30.6. The van der Waals surface area contributed by atoms with Crippen molar-refractivity contribution in [3.8, 4) is 0 Å². The second-order valence-corrected chi connectivity index (χ2v) is 98.5. The van der Waals surface area contributed by atoms with Gasteiger partial charge >= 0.3 is 52.4 Å². The fourth-order valence-electron chi connectivity index (χ4n) is 20.7. The molecule has 12 aliphatic rings. The van der Waals surface area contributed by atoms with Crippen LogP contribution in [0.15, 0.2) is 149 Å². The van der Waals surface area contributed by atoms with Gasteiger partial charge in [0.1, 0.15) is 0 Å². The third kappa shape index (κ3) is 38.2. The van der Waals surface area contributed by atoms with E-state index in [9.17, 15) is 0 Å². The minimum atomic E-state index is -2.05. The molecule has 2 atom stereocenters. The van der Waals surface area contributed by atoms with Crippen molar-refractivity contribution in [1.82, 2.24) is 5.09 Å². The Morgan fingerprint density at radius 1 is 0.330 bits per heavy atom. The Hall–Kier alpha value is 0.351. The van der Waals surface area contributed by atoms with Crippen LogP contribution in [0.4, 0.5) is 0 Å². The third-order valence-corrected chi connectivity index (χ3v) is 30.4. The van der Waals surface area contributed by atoms with Gasteiger partial charge in [-0.1, -0.05) is 340 Å². The fraction of sp³-hybridized carbons (Fsp3) is 0.634. The zero-order valence-electron chi connectivity index (χ0n) is 81.5. The molecule has 0 amide bonds. The second-order valence-electron chi connectivity index (χ2n) is 50.2. The van der Waals surface area contributed by atoms with Gasteiger partial charge in [-0.25, -0.2) is 0 Å². The SMILES string of the molecule is CC1(C)CC(C)(C)C2=CC(=P(NC34CC5CC(CC(C5)C3)C4)(c3ccccc3)c3ccccc3)C=C21.CC1(C)CC(C)(C)C2CC(P(=NC34CC5CC(CC(C5)C3)C4)(c3ccccc3)c3ccccc3)CC21.C[Si](C)(C)C.[CH2-][Si](C)(C)C.[CH2-][Si](C)(C)C.[CH2-][Si](C)(C)C.[CH2-][Si](C)(C)C.[CH2-][Si](C)(C)C.[CH2-][Si](C)(C)C.[CH2-][Si](C)(C)C.[CH3-].[Zr+4].[Zr+4]. The van der Waals surface area contributed by atoms with Crippen LogP contribution in [0.2, 0.25) is 164 Å². The average molecular weight is 1890 g/mol. The van der Waals surface area contributed by atoms with Gasteiger partial charge in [-0.3, -0.25) is 9.83 Å². The van der Waals surface area contributed by atoms with E-state index in [4.69, 9.17) is 4.74 Å². The van der Waals surface area contributed by atoms with Gasteiger partial charge in [-0.2, -0.15) is 0 Å². The number of hydrogen-bond acceptors (Lipinski definition) is 2. The molecule has 0 aromatic heterocycles. The van der Waals surface area contributed by atoms with Gasteiger partial charge in [-0.05, 0) is 222 Å². The predicted molar refractivity (Wildman–Crippen MR) is 548 cm³/mol. The monoisotopic (exact) mass is 1890 g/mol. The molecule has 8 bridgehead atoms. The molecule has 4 aromatic rings. The van der Waals surface area contributed by atoms with Gasteiger partial charge in [0.2, 0.25) is 0 Å². The van der Waals surface area contributed by atoms with Crippen LogP contribution in [-0.4, -0.2) is 86.6 Å². The maximum absolute atomic E-state index is 6.46. The zero-order chi connectivity index (χ0) is 85.5. The van der Waals surface area contributed by atoms with Crippen molar-refractivity contribution in [3.05, 3.63) is 198 Å². The van der Waals surface area contributed by atoms with Gasteiger partial charge in [-0.15, -0.1) is 56.5 Å². The molecule has 0 saturated heterocycles. The molecule has 2 nitrogen and oxygen atoms in total. The molecule has 11 saturated carbocycles. The van der Waals surface area contributed by atoms with Crippen LogP contribution < -0.4 is 26.3 Å². The Morgan fingerprint density at radius 3 is 0.783 bits per heavy atom.